The summed E-state index contributed by atoms with van der Waals surface area (Å²) < 4.78 is 0. The standard InChI is InChI=1S/C27H33NO/c1-22(2)19-26(27(3,29)25-17-11-6-12-18-25)28(20-23-13-7-4-8-14-23)21-24-15-9-5-10-16-24/h4-18,22,26,29H,19-21H2,1-3H3/t26-,27-/m0/s1. The van der Waals surface area contributed by atoms with E-state index >= 15 is 0 Å². The molecule has 2 nitrogen and oxygen atoms in total. The third kappa shape index (κ3) is 5.79. The van der Waals surface area contributed by atoms with Crippen LogP contribution in [0.25, 0.3) is 0 Å². The van der Waals surface area contributed by atoms with E-state index in [0.717, 1.165) is 25.1 Å². The van der Waals surface area contributed by atoms with Crippen LogP contribution in [0, 0.1) is 5.92 Å². The lowest BCUT2D eigenvalue weighted by atomic mass is 9.82. The minimum atomic E-state index is -0.949. The summed E-state index contributed by atoms with van der Waals surface area (Å²) in [6, 6.07) is 31.2. The molecule has 0 amide bonds. The van der Waals surface area contributed by atoms with Crippen LogP contribution in [0.4, 0.5) is 0 Å². The predicted molar refractivity (Wildman–Crippen MR) is 121 cm³/mol. The lowest BCUT2D eigenvalue weighted by molar-refractivity contribution is -0.0539. The average molecular weight is 388 g/mol. The van der Waals surface area contributed by atoms with E-state index in [1.807, 2.05) is 37.3 Å². The molecule has 0 saturated carbocycles. The second kappa shape index (κ2) is 9.87. The van der Waals surface area contributed by atoms with Gasteiger partial charge in [-0.1, -0.05) is 105 Å². The quantitative estimate of drug-likeness (QED) is 0.486. The Labute approximate surface area is 175 Å². The fraction of sp³-hybridized carbons (Fsp3) is 0.333. The summed E-state index contributed by atoms with van der Waals surface area (Å²) in [6.07, 6.45) is 0.918. The molecule has 3 rings (SSSR count). The Kier molecular flexibility index (Phi) is 7.24. The van der Waals surface area contributed by atoms with Gasteiger partial charge >= 0.3 is 0 Å². The van der Waals surface area contributed by atoms with Crippen molar-refractivity contribution in [3.8, 4) is 0 Å². The third-order valence-corrected chi connectivity index (χ3v) is 5.60. The average Bonchev–Trinajstić information content (AvgIpc) is 2.73. The van der Waals surface area contributed by atoms with Crippen molar-refractivity contribution in [1.29, 1.82) is 0 Å². The molecule has 2 heteroatoms. The van der Waals surface area contributed by atoms with Crippen LogP contribution < -0.4 is 0 Å². The van der Waals surface area contributed by atoms with Gasteiger partial charge in [0.1, 0.15) is 5.60 Å². The first-order chi connectivity index (χ1) is 14.0. The minimum absolute atomic E-state index is 0.00897. The van der Waals surface area contributed by atoms with E-state index in [9.17, 15) is 5.11 Å². The van der Waals surface area contributed by atoms with E-state index in [4.69, 9.17) is 0 Å². The molecular weight excluding hydrogens is 354 g/mol. The molecule has 0 fully saturated rings. The lowest BCUT2D eigenvalue weighted by Gasteiger charge is -2.42. The fourth-order valence-electron chi connectivity index (χ4n) is 4.06. The highest BCUT2D eigenvalue weighted by atomic mass is 16.3. The number of benzene rings is 3. The van der Waals surface area contributed by atoms with Crippen molar-refractivity contribution >= 4 is 0 Å². The smallest absolute Gasteiger partial charge is 0.102 e. The van der Waals surface area contributed by atoms with Gasteiger partial charge in [0.25, 0.3) is 0 Å². The first-order valence-corrected chi connectivity index (χ1v) is 10.6. The summed E-state index contributed by atoms with van der Waals surface area (Å²) in [5.41, 5.74) is 2.55. The zero-order valence-electron chi connectivity index (χ0n) is 17.8. The Morgan fingerprint density at radius 1 is 0.724 bits per heavy atom. The van der Waals surface area contributed by atoms with Crippen LogP contribution in [0.3, 0.4) is 0 Å². The molecule has 1 N–H and O–H groups in total. The van der Waals surface area contributed by atoms with Gasteiger partial charge in [-0.2, -0.15) is 0 Å². The van der Waals surface area contributed by atoms with Gasteiger partial charge in [0.2, 0.25) is 0 Å². The van der Waals surface area contributed by atoms with Crippen LogP contribution in [0.15, 0.2) is 91.0 Å². The van der Waals surface area contributed by atoms with Crippen LogP contribution in [0.5, 0.6) is 0 Å². The molecule has 3 aromatic rings. The highest BCUT2D eigenvalue weighted by molar-refractivity contribution is 5.25. The van der Waals surface area contributed by atoms with Gasteiger partial charge in [0.05, 0.1) is 0 Å². The maximum absolute atomic E-state index is 11.8. The lowest BCUT2D eigenvalue weighted by Crippen LogP contribution is -2.49. The van der Waals surface area contributed by atoms with Crippen LogP contribution in [0.1, 0.15) is 43.9 Å². The molecule has 0 unspecified atom stereocenters. The molecule has 0 saturated heterocycles. The zero-order chi connectivity index (χ0) is 20.7. The fourth-order valence-corrected chi connectivity index (χ4v) is 4.06. The second-order valence-electron chi connectivity index (χ2n) is 8.54. The molecule has 29 heavy (non-hydrogen) atoms. The molecule has 0 aliphatic heterocycles. The van der Waals surface area contributed by atoms with Crippen LogP contribution >= 0.6 is 0 Å². The number of rotatable bonds is 9. The van der Waals surface area contributed by atoms with E-state index in [0.29, 0.717) is 5.92 Å². The number of hydrogen-bond acceptors (Lipinski definition) is 2. The van der Waals surface area contributed by atoms with E-state index in [2.05, 4.69) is 79.4 Å². The van der Waals surface area contributed by atoms with Gasteiger partial charge < -0.3 is 5.11 Å². The normalized spacial score (nSPS) is 14.7. The molecule has 3 aromatic carbocycles. The molecule has 0 aliphatic carbocycles. The van der Waals surface area contributed by atoms with Crippen molar-refractivity contribution < 1.29 is 5.11 Å². The first kappa shape index (κ1) is 21.3. The summed E-state index contributed by atoms with van der Waals surface area (Å²) in [5, 5.41) is 11.8. The molecule has 2 atom stereocenters. The molecule has 0 aliphatic rings. The van der Waals surface area contributed by atoms with Crippen molar-refractivity contribution in [2.24, 2.45) is 5.92 Å². The van der Waals surface area contributed by atoms with Gasteiger partial charge in [-0.3, -0.25) is 4.90 Å². The Balaban J connectivity index is 1.99. The summed E-state index contributed by atoms with van der Waals surface area (Å²) in [6.45, 7) is 8.04. The largest absolute Gasteiger partial charge is 0.384 e. The zero-order valence-corrected chi connectivity index (χ0v) is 17.8. The summed E-state index contributed by atoms with van der Waals surface area (Å²) in [5.74, 6) is 0.476. The van der Waals surface area contributed by atoms with E-state index in [1.54, 1.807) is 0 Å². The maximum atomic E-state index is 11.8. The van der Waals surface area contributed by atoms with Crippen LogP contribution in [0.2, 0.25) is 0 Å². The molecule has 0 bridgehead atoms. The van der Waals surface area contributed by atoms with Crippen LogP contribution in [-0.2, 0) is 18.7 Å². The van der Waals surface area contributed by atoms with Crippen molar-refractivity contribution in [3.63, 3.8) is 0 Å². The van der Waals surface area contributed by atoms with Gasteiger partial charge in [0.15, 0.2) is 0 Å². The third-order valence-electron chi connectivity index (χ3n) is 5.60. The van der Waals surface area contributed by atoms with Crippen molar-refractivity contribution in [1.82, 2.24) is 4.90 Å². The maximum Gasteiger partial charge on any atom is 0.102 e. The monoisotopic (exact) mass is 387 g/mol. The molecule has 0 spiro atoms. The predicted octanol–water partition coefficient (Wildman–Crippen LogP) is 6.01. The number of hydrogen-bond donors (Lipinski definition) is 1. The molecule has 0 heterocycles. The minimum Gasteiger partial charge on any atom is -0.384 e. The SMILES string of the molecule is CC(C)C[C@H](N(Cc1ccccc1)Cc1ccccc1)[C@@](C)(O)c1ccccc1. The molecule has 0 radical (unpaired) electrons. The number of aliphatic hydroxyl groups is 1. The van der Waals surface area contributed by atoms with Crippen LogP contribution in [-0.4, -0.2) is 16.0 Å². The van der Waals surface area contributed by atoms with E-state index in [-0.39, 0.29) is 6.04 Å². The summed E-state index contributed by atoms with van der Waals surface area (Å²) in [4.78, 5) is 2.44. The van der Waals surface area contributed by atoms with E-state index in [1.165, 1.54) is 11.1 Å². The van der Waals surface area contributed by atoms with Gasteiger partial charge in [-0.15, -0.1) is 0 Å². The Morgan fingerprint density at radius 3 is 1.55 bits per heavy atom. The van der Waals surface area contributed by atoms with Gasteiger partial charge in [-0.05, 0) is 36.0 Å². The topological polar surface area (TPSA) is 23.5 Å². The first-order valence-electron chi connectivity index (χ1n) is 10.6. The molecule has 0 aromatic heterocycles. The van der Waals surface area contributed by atoms with Crippen molar-refractivity contribution in [2.45, 2.75) is 51.9 Å². The Hall–Kier alpha value is -2.42. The summed E-state index contributed by atoms with van der Waals surface area (Å²) in [7, 11) is 0. The molecular formula is C27H33NO. The van der Waals surface area contributed by atoms with Crippen molar-refractivity contribution in [2.75, 3.05) is 0 Å². The number of nitrogens with zero attached hydrogens (tertiary/aromatic N) is 1. The van der Waals surface area contributed by atoms with Gasteiger partial charge in [-0.25, -0.2) is 0 Å². The van der Waals surface area contributed by atoms with E-state index < -0.39 is 5.60 Å². The Morgan fingerprint density at radius 2 is 1.14 bits per heavy atom. The van der Waals surface area contributed by atoms with Gasteiger partial charge in [0, 0.05) is 19.1 Å². The second-order valence-corrected chi connectivity index (χ2v) is 8.54. The highest BCUT2D eigenvalue weighted by Gasteiger charge is 2.38. The molecule has 152 valence electrons. The summed E-state index contributed by atoms with van der Waals surface area (Å²) >= 11 is 0. The Bertz CT molecular complexity index is 802. The van der Waals surface area contributed by atoms with Crippen molar-refractivity contribution in [3.05, 3.63) is 108 Å². The highest BCUT2D eigenvalue weighted by Crippen LogP contribution is 2.34.